The fourth-order valence-electron chi connectivity index (χ4n) is 1.76. The van der Waals surface area contributed by atoms with E-state index in [0.29, 0.717) is 0 Å². The molecule has 0 bridgehead atoms. The van der Waals surface area contributed by atoms with Gasteiger partial charge in [0.25, 0.3) is 0 Å². The molecule has 0 fully saturated rings. The largest absolute Gasteiger partial charge is 0.455 e. The van der Waals surface area contributed by atoms with E-state index in [9.17, 15) is 0 Å². The van der Waals surface area contributed by atoms with Gasteiger partial charge < -0.3 is 10.0 Å². The molecule has 0 atom stereocenters. The van der Waals surface area contributed by atoms with E-state index in [1.165, 1.54) is 0 Å². The molecule has 0 saturated carbocycles. The van der Waals surface area contributed by atoms with E-state index >= 15 is 0 Å². The van der Waals surface area contributed by atoms with E-state index in [4.69, 9.17) is 10.0 Å². The lowest BCUT2D eigenvalue weighted by molar-refractivity contribution is 0.411. The van der Waals surface area contributed by atoms with Crippen LogP contribution in [0.15, 0.2) is 49.7 Å². The highest BCUT2D eigenvalue weighted by Gasteiger charge is 2.25. The van der Waals surface area contributed by atoms with E-state index < -0.39 is 15.2 Å². The van der Waals surface area contributed by atoms with E-state index in [1.807, 2.05) is 24.3 Å². The van der Waals surface area contributed by atoms with E-state index in [0.717, 1.165) is 18.1 Å². The van der Waals surface area contributed by atoms with Gasteiger partial charge in [0, 0.05) is 0 Å². The average molecular weight is 236 g/mol. The Kier molecular flexibility index (Phi) is 7.89. The van der Waals surface area contributed by atoms with Crippen LogP contribution in [0.25, 0.3) is 0 Å². The standard InChI is InChI=1S/C12H21BO2Si/c1-4-9-16(10-5-2,11-6-3)12-7-8-13(14)15/h4-7,12,14-15H,1-3,8-11H2/b12-7+. The summed E-state index contributed by atoms with van der Waals surface area (Å²) in [6.45, 7) is 11.4. The molecule has 0 aliphatic heterocycles. The smallest absolute Gasteiger partial charge is 0.427 e. The van der Waals surface area contributed by atoms with Crippen LogP contribution in [0, 0.1) is 0 Å². The Bertz CT molecular complexity index is 235. The predicted molar refractivity (Wildman–Crippen MR) is 74.9 cm³/mol. The zero-order valence-electron chi connectivity index (χ0n) is 9.81. The van der Waals surface area contributed by atoms with Crippen molar-refractivity contribution in [1.82, 2.24) is 0 Å². The van der Waals surface area contributed by atoms with Gasteiger partial charge in [-0.25, -0.2) is 0 Å². The van der Waals surface area contributed by atoms with Crippen molar-refractivity contribution in [3.05, 3.63) is 49.7 Å². The fraction of sp³-hybridized carbons (Fsp3) is 0.333. The van der Waals surface area contributed by atoms with Crippen molar-refractivity contribution in [2.75, 3.05) is 0 Å². The molecule has 0 aromatic carbocycles. The van der Waals surface area contributed by atoms with Crippen molar-refractivity contribution in [2.24, 2.45) is 0 Å². The Balaban J connectivity index is 4.70. The Morgan fingerprint density at radius 1 is 0.938 bits per heavy atom. The lowest BCUT2D eigenvalue weighted by Crippen LogP contribution is -2.29. The molecule has 0 aliphatic rings. The average Bonchev–Trinajstić information content (AvgIpc) is 2.18. The van der Waals surface area contributed by atoms with Gasteiger partial charge in [-0.3, -0.25) is 0 Å². The molecule has 0 aliphatic carbocycles. The zero-order valence-corrected chi connectivity index (χ0v) is 10.8. The second-order valence-electron chi connectivity index (χ2n) is 3.96. The zero-order chi connectivity index (χ0) is 12.4. The van der Waals surface area contributed by atoms with Gasteiger partial charge in [0.15, 0.2) is 0 Å². The van der Waals surface area contributed by atoms with Gasteiger partial charge in [-0.05, 0) is 24.5 Å². The fourth-order valence-corrected chi connectivity index (χ4v) is 5.03. The highest BCUT2D eigenvalue weighted by atomic mass is 28.3. The minimum Gasteiger partial charge on any atom is -0.427 e. The van der Waals surface area contributed by atoms with Crippen molar-refractivity contribution in [3.8, 4) is 0 Å². The third kappa shape index (κ3) is 5.90. The lowest BCUT2D eigenvalue weighted by atomic mass is 9.87. The molecule has 0 aromatic rings. The second-order valence-corrected chi connectivity index (χ2v) is 8.24. The van der Waals surface area contributed by atoms with E-state index in [-0.39, 0.29) is 6.32 Å². The molecule has 16 heavy (non-hydrogen) atoms. The molecule has 2 nitrogen and oxygen atoms in total. The number of rotatable bonds is 9. The summed E-state index contributed by atoms with van der Waals surface area (Å²) in [4.78, 5) is 0. The van der Waals surface area contributed by atoms with Crippen LogP contribution in [-0.2, 0) is 0 Å². The minimum absolute atomic E-state index is 0.278. The maximum atomic E-state index is 8.80. The van der Waals surface area contributed by atoms with Crippen LogP contribution in [0.4, 0.5) is 0 Å². The van der Waals surface area contributed by atoms with Crippen LogP contribution in [0.2, 0.25) is 24.5 Å². The van der Waals surface area contributed by atoms with Crippen LogP contribution >= 0.6 is 0 Å². The van der Waals surface area contributed by atoms with Crippen molar-refractivity contribution < 1.29 is 10.0 Å². The predicted octanol–water partition coefficient (Wildman–Crippen LogP) is 2.56. The normalized spacial score (nSPS) is 11.4. The summed E-state index contributed by atoms with van der Waals surface area (Å²) in [6, 6.07) is 2.88. The van der Waals surface area contributed by atoms with Gasteiger partial charge in [-0.2, -0.15) is 0 Å². The summed E-state index contributed by atoms with van der Waals surface area (Å²) >= 11 is 0. The Morgan fingerprint density at radius 3 is 1.69 bits per heavy atom. The van der Waals surface area contributed by atoms with Crippen LogP contribution < -0.4 is 0 Å². The van der Waals surface area contributed by atoms with Gasteiger partial charge in [0.1, 0.15) is 0 Å². The molecule has 0 spiro atoms. The van der Waals surface area contributed by atoms with Gasteiger partial charge in [0.05, 0.1) is 8.07 Å². The first-order valence-corrected chi connectivity index (χ1v) is 8.16. The highest BCUT2D eigenvalue weighted by Crippen LogP contribution is 2.24. The number of hydrogen-bond acceptors (Lipinski definition) is 2. The monoisotopic (exact) mass is 236 g/mol. The van der Waals surface area contributed by atoms with Crippen LogP contribution in [-0.4, -0.2) is 25.2 Å². The van der Waals surface area contributed by atoms with Gasteiger partial charge in [-0.1, -0.05) is 30.0 Å². The van der Waals surface area contributed by atoms with Gasteiger partial charge in [-0.15, -0.1) is 19.7 Å². The van der Waals surface area contributed by atoms with Gasteiger partial charge in [0.2, 0.25) is 0 Å². The number of allylic oxidation sites excluding steroid dienone is 4. The van der Waals surface area contributed by atoms with Crippen LogP contribution in [0.5, 0.6) is 0 Å². The van der Waals surface area contributed by atoms with E-state index in [1.54, 1.807) is 0 Å². The summed E-state index contributed by atoms with van der Waals surface area (Å²) in [5.41, 5.74) is 2.15. The third-order valence-electron chi connectivity index (χ3n) is 2.47. The Labute approximate surface area is 99.9 Å². The Hall–Kier alpha value is -0.838. The maximum absolute atomic E-state index is 8.80. The molecular weight excluding hydrogens is 215 g/mol. The summed E-state index contributed by atoms with van der Waals surface area (Å²) in [6.07, 6.45) is 7.92. The minimum atomic E-state index is -1.62. The molecule has 2 N–H and O–H groups in total. The van der Waals surface area contributed by atoms with Crippen molar-refractivity contribution in [1.29, 1.82) is 0 Å². The molecule has 88 valence electrons. The number of hydrogen-bond donors (Lipinski definition) is 2. The summed E-state index contributed by atoms with van der Waals surface area (Å²) in [5.74, 6) is 0. The molecule has 0 aromatic heterocycles. The second kappa shape index (κ2) is 8.33. The van der Waals surface area contributed by atoms with Gasteiger partial charge >= 0.3 is 7.12 Å². The SMILES string of the molecule is C=CC[Si](/C=C/CB(O)O)(CC=C)CC=C. The summed E-state index contributed by atoms with van der Waals surface area (Å²) < 4.78 is 0. The first-order chi connectivity index (χ1) is 7.60. The van der Waals surface area contributed by atoms with Crippen LogP contribution in [0.3, 0.4) is 0 Å². The van der Waals surface area contributed by atoms with E-state index in [2.05, 4.69) is 25.4 Å². The topological polar surface area (TPSA) is 40.5 Å². The molecule has 0 radical (unpaired) electrons. The maximum Gasteiger partial charge on any atom is 0.455 e. The van der Waals surface area contributed by atoms with Crippen molar-refractivity contribution >= 4 is 15.2 Å². The molecule has 0 amide bonds. The summed E-state index contributed by atoms with van der Waals surface area (Å²) in [5, 5.41) is 17.6. The van der Waals surface area contributed by atoms with Crippen molar-refractivity contribution in [2.45, 2.75) is 24.5 Å². The molecule has 0 rings (SSSR count). The van der Waals surface area contributed by atoms with Crippen molar-refractivity contribution in [3.63, 3.8) is 0 Å². The Morgan fingerprint density at radius 2 is 1.38 bits per heavy atom. The first-order valence-electron chi connectivity index (χ1n) is 5.47. The summed E-state index contributed by atoms with van der Waals surface area (Å²) in [7, 11) is -2.88. The van der Waals surface area contributed by atoms with Crippen LogP contribution in [0.1, 0.15) is 0 Å². The molecule has 0 unspecified atom stereocenters. The molecule has 4 heteroatoms. The third-order valence-corrected chi connectivity index (χ3v) is 6.72. The molecule has 0 heterocycles. The first kappa shape index (κ1) is 15.2. The molecular formula is C12H21BO2Si. The lowest BCUT2D eigenvalue weighted by Gasteiger charge is -2.24. The molecule has 0 saturated heterocycles. The quantitative estimate of drug-likeness (QED) is 0.477. The highest BCUT2D eigenvalue weighted by molar-refractivity contribution is 6.85.